The van der Waals surface area contributed by atoms with Gasteiger partial charge in [-0.05, 0) is 29.7 Å². The van der Waals surface area contributed by atoms with Gasteiger partial charge < -0.3 is 20.4 Å². The molecule has 0 bridgehead atoms. The zero-order valence-corrected chi connectivity index (χ0v) is 15.7. The topological polar surface area (TPSA) is 88.6 Å². The number of nitrogens with zero attached hydrogens (tertiary/aromatic N) is 1. The van der Waals surface area contributed by atoms with Crippen LogP contribution in [0, 0.1) is 0 Å². The van der Waals surface area contributed by atoms with Crippen molar-refractivity contribution >= 4 is 11.8 Å². The van der Waals surface area contributed by atoms with E-state index < -0.39 is 6.04 Å². The molecule has 3 rings (SSSR count). The lowest BCUT2D eigenvalue weighted by atomic mass is 9.93. The van der Waals surface area contributed by atoms with Crippen molar-refractivity contribution in [3.8, 4) is 0 Å². The monoisotopic (exact) mass is 369 g/mol. The van der Waals surface area contributed by atoms with Gasteiger partial charge in [-0.2, -0.15) is 0 Å². The molecule has 0 aliphatic carbocycles. The van der Waals surface area contributed by atoms with Crippen molar-refractivity contribution in [2.75, 3.05) is 6.54 Å². The van der Waals surface area contributed by atoms with Gasteiger partial charge in [0.05, 0.1) is 6.26 Å². The predicted molar refractivity (Wildman–Crippen MR) is 103 cm³/mol. The van der Waals surface area contributed by atoms with Gasteiger partial charge in [0.1, 0.15) is 6.04 Å². The fraction of sp³-hybridized carbons (Fsp3) is 0.429. The lowest BCUT2D eigenvalue weighted by Crippen LogP contribution is -2.55. The van der Waals surface area contributed by atoms with Crippen molar-refractivity contribution in [2.24, 2.45) is 5.73 Å². The minimum atomic E-state index is -0.576. The molecule has 0 radical (unpaired) electrons. The van der Waals surface area contributed by atoms with Crippen molar-refractivity contribution < 1.29 is 14.0 Å². The largest absolute Gasteiger partial charge is 0.459 e. The minimum Gasteiger partial charge on any atom is -0.459 e. The third kappa shape index (κ3) is 4.39. The predicted octanol–water partition coefficient (Wildman–Crippen LogP) is 2.48. The Kier molecular flexibility index (Phi) is 6.29. The number of furan rings is 1. The van der Waals surface area contributed by atoms with E-state index in [0.29, 0.717) is 19.5 Å². The van der Waals surface area contributed by atoms with Crippen LogP contribution >= 0.6 is 0 Å². The van der Waals surface area contributed by atoms with Crippen molar-refractivity contribution in [3.63, 3.8) is 0 Å². The second-order valence-electron chi connectivity index (χ2n) is 6.98. The van der Waals surface area contributed by atoms with E-state index in [1.54, 1.807) is 17.0 Å². The highest BCUT2D eigenvalue weighted by Gasteiger charge is 2.36. The first-order valence-corrected chi connectivity index (χ1v) is 9.55. The molecule has 0 saturated carbocycles. The van der Waals surface area contributed by atoms with Gasteiger partial charge in [-0.25, -0.2) is 0 Å². The normalized spacial score (nSPS) is 17.3. The first-order chi connectivity index (χ1) is 13.1. The Bertz CT molecular complexity index is 773. The molecule has 1 aromatic heterocycles. The number of nitrogens with two attached hydrogens (primary N) is 1. The number of benzene rings is 1. The molecule has 6 heteroatoms. The van der Waals surface area contributed by atoms with Crippen LogP contribution < -0.4 is 11.1 Å². The average Bonchev–Trinajstić information content (AvgIpc) is 3.24. The number of rotatable bonds is 7. The van der Waals surface area contributed by atoms with Crippen LogP contribution in [-0.4, -0.2) is 35.3 Å². The molecule has 2 unspecified atom stereocenters. The van der Waals surface area contributed by atoms with Crippen LogP contribution in [0.2, 0.25) is 0 Å². The maximum absolute atomic E-state index is 13.0. The number of nitrogens with one attached hydrogen (secondary N) is 1. The number of fused-ring (bicyclic) bond motifs is 1. The summed E-state index contributed by atoms with van der Waals surface area (Å²) in [7, 11) is 0. The molecule has 2 aromatic rings. The summed E-state index contributed by atoms with van der Waals surface area (Å²) in [6, 6.07) is 10.6. The summed E-state index contributed by atoms with van der Waals surface area (Å²) >= 11 is 0. The van der Waals surface area contributed by atoms with Crippen molar-refractivity contribution in [1.82, 2.24) is 10.2 Å². The Balaban J connectivity index is 1.82. The van der Waals surface area contributed by atoms with Crippen LogP contribution in [0.1, 0.15) is 47.9 Å². The molecule has 1 aliphatic rings. The van der Waals surface area contributed by atoms with E-state index in [4.69, 9.17) is 10.2 Å². The molecule has 6 nitrogen and oxygen atoms in total. The SMILES string of the molecule is CCCCC(CN)NC(=O)C1Cc2ccccc2CN1C(=O)c1ccco1. The zero-order chi connectivity index (χ0) is 19.2. The van der Waals surface area contributed by atoms with Crippen molar-refractivity contribution in [3.05, 3.63) is 59.5 Å². The quantitative estimate of drug-likeness (QED) is 0.785. The number of carbonyl (C=O) groups excluding carboxylic acids is 2. The van der Waals surface area contributed by atoms with Gasteiger partial charge in [0.15, 0.2) is 5.76 Å². The Morgan fingerprint density at radius 3 is 2.70 bits per heavy atom. The second-order valence-corrected chi connectivity index (χ2v) is 6.98. The highest BCUT2D eigenvalue weighted by molar-refractivity contribution is 5.96. The molecule has 2 atom stereocenters. The fourth-order valence-corrected chi connectivity index (χ4v) is 3.51. The summed E-state index contributed by atoms with van der Waals surface area (Å²) in [5, 5.41) is 3.04. The average molecular weight is 369 g/mol. The molecule has 0 saturated heterocycles. The smallest absolute Gasteiger partial charge is 0.290 e. The third-order valence-electron chi connectivity index (χ3n) is 5.08. The van der Waals surface area contributed by atoms with E-state index in [1.807, 2.05) is 24.3 Å². The molecular weight excluding hydrogens is 342 g/mol. The van der Waals surface area contributed by atoms with E-state index >= 15 is 0 Å². The molecule has 2 amide bonds. The Labute approximate surface area is 159 Å². The first kappa shape index (κ1) is 19.2. The van der Waals surface area contributed by atoms with Crippen LogP contribution in [0.5, 0.6) is 0 Å². The lowest BCUT2D eigenvalue weighted by Gasteiger charge is -2.36. The highest BCUT2D eigenvalue weighted by atomic mass is 16.3. The van der Waals surface area contributed by atoms with Crippen LogP contribution in [0.3, 0.4) is 0 Å². The van der Waals surface area contributed by atoms with Crippen LogP contribution in [0.25, 0.3) is 0 Å². The number of amides is 2. The summed E-state index contributed by atoms with van der Waals surface area (Å²) in [5.74, 6) is -0.183. The van der Waals surface area contributed by atoms with Gasteiger partial charge in [-0.1, -0.05) is 44.0 Å². The molecule has 1 aliphatic heterocycles. The molecule has 0 spiro atoms. The van der Waals surface area contributed by atoms with E-state index in [2.05, 4.69) is 12.2 Å². The molecular formula is C21H27N3O3. The van der Waals surface area contributed by atoms with E-state index in [0.717, 1.165) is 30.4 Å². The molecule has 0 fully saturated rings. The van der Waals surface area contributed by atoms with Gasteiger partial charge in [0.2, 0.25) is 5.91 Å². The number of carbonyl (C=O) groups is 2. The highest BCUT2D eigenvalue weighted by Crippen LogP contribution is 2.25. The molecule has 27 heavy (non-hydrogen) atoms. The van der Waals surface area contributed by atoms with Gasteiger partial charge in [-0.3, -0.25) is 9.59 Å². The van der Waals surface area contributed by atoms with Gasteiger partial charge >= 0.3 is 0 Å². The second kappa shape index (κ2) is 8.86. The summed E-state index contributed by atoms with van der Waals surface area (Å²) in [6.45, 7) is 2.88. The van der Waals surface area contributed by atoms with Crippen molar-refractivity contribution in [2.45, 2.75) is 51.2 Å². The molecule has 1 aromatic carbocycles. The third-order valence-corrected chi connectivity index (χ3v) is 5.08. The van der Waals surface area contributed by atoms with E-state index in [9.17, 15) is 9.59 Å². The molecule has 144 valence electrons. The first-order valence-electron chi connectivity index (χ1n) is 9.55. The van der Waals surface area contributed by atoms with Gasteiger partial charge in [0.25, 0.3) is 5.91 Å². The maximum atomic E-state index is 13.0. The standard InChI is InChI=1S/C21H27N3O3/c1-2-3-9-17(13-22)23-20(25)18-12-15-7-4-5-8-16(15)14-24(18)21(26)19-10-6-11-27-19/h4-8,10-11,17-18H,2-3,9,12-14,22H2,1H3,(H,23,25). The summed E-state index contributed by atoms with van der Waals surface area (Å²) in [6.07, 6.45) is 4.85. The Hall–Kier alpha value is -2.60. The summed E-state index contributed by atoms with van der Waals surface area (Å²) in [4.78, 5) is 27.6. The summed E-state index contributed by atoms with van der Waals surface area (Å²) in [5.41, 5.74) is 7.98. The van der Waals surface area contributed by atoms with Crippen LogP contribution in [0.15, 0.2) is 47.1 Å². The maximum Gasteiger partial charge on any atom is 0.290 e. The Morgan fingerprint density at radius 1 is 1.26 bits per heavy atom. The van der Waals surface area contributed by atoms with E-state index in [-0.39, 0.29) is 23.6 Å². The molecule has 3 N–H and O–H groups in total. The fourth-order valence-electron chi connectivity index (χ4n) is 3.51. The lowest BCUT2D eigenvalue weighted by molar-refractivity contribution is -0.126. The van der Waals surface area contributed by atoms with Crippen molar-refractivity contribution in [1.29, 1.82) is 0 Å². The zero-order valence-electron chi connectivity index (χ0n) is 15.7. The number of hydrogen-bond donors (Lipinski definition) is 2. The van der Waals surface area contributed by atoms with Crippen LogP contribution in [0.4, 0.5) is 0 Å². The minimum absolute atomic E-state index is 0.0739. The number of hydrogen-bond acceptors (Lipinski definition) is 4. The van der Waals surface area contributed by atoms with Gasteiger partial charge in [0, 0.05) is 25.6 Å². The Morgan fingerprint density at radius 2 is 2.04 bits per heavy atom. The van der Waals surface area contributed by atoms with Crippen LogP contribution in [-0.2, 0) is 17.8 Å². The van der Waals surface area contributed by atoms with E-state index in [1.165, 1.54) is 6.26 Å². The molecule has 2 heterocycles. The number of unbranched alkanes of at least 4 members (excludes halogenated alkanes) is 1. The van der Waals surface area contributed by atoms with Gasteiger partial charge in [-0.15, -0.1) is 0 Å². The summed E-state index contributed by atoms with van der Waals surface area (Å²) < 4.78 is 5.28.